The summed E-state index contributed by atoms with van der Waals surface area (Å²) >= 11 is 0. The van der Waals surface area contributed by atoms with Crippen LogP contribution in [0.4, 0.5) is 0 Å². The number of rotatable bonds is 17. The van der Waals surface area contributed by atoms with Gasteiger partial charge >= 0.3 is 0 Å². The summed E-state index contributed by atoms with van der Waals surface area (Å²) < 4.78 is 5.26. The summed E-state index contributed by atoms with van der Waals surface area (Å²) in [7, 11) is 1.51. The van der Waals surface area contributed by atoms with Crippen LogP contribution < -0.4 is 4.74 Å². The Morgan fingerprint density at radius 1 is 0.212 bits per heavy atom. The van der Waals surface area contributed by atoms with Crippen LogP contribution in [-0.4, -0.2) is 7.11 Å². The standard InChI is InChI=1S/C22H23S.C20H19S.C19H17OS.C19H17S.C18H15S/c1-22(2,3)18-14-16-21(17-15-18)23(19-10-6-4-7-11-19)20-12-8-5-9-13-20;1-2-17-13-15-20(16-14-17)21(18-9-5-3-6-10-18)19-11-7-4-8-12-19;1-20-16-12-14-19(15-13-16)21(17-8-4-2-5-9-17)18-10-6-3-7-11-18;1-16-12-14-19(15-13-16)20(17-8-4-2-5-9-17)18-10-6-3-7-11-18;1-4-10-16(11-5-1)19(17-12-6-2-7-13-17)18-14-8-3-9-15-18/h4-17H,1-3H3;3-16H,2H2,1H3;2-15H,1H3;2-15H,1H3;1-15H/q5*+1. The first-order valence-corrected chi connectivity index (χ1v) is 41.4. The zero-order chi connectivity index (χ0) is 72.0. The van der Waals surface area contributed by atoms with Gasteiger partial charge in [0.1, 0.15) is 5.75 Å². The average Bonchev–Trinajstić information content (AvgIpc) is 0.905. The normalized spacial score (nSPS) is 10.9. The Hall–Kier alpha value is -10.2. The monoisotopic (exact) mass is 1440 g/mol. The number of ether oxygens (including phenoxy) is 1. The Morgan fingerprint density at radius 3 is 0.548 bits per heavy atom. The van der Waals surface area contributed by atoms with Gasteiger partial charge in [-0.05, 0) is 224 Å². The second kappa shape index (κ2) is 39.5. The first-order chi connectivity index (χ1) is 51.1. The minimum Gasteiger partial charge on any atom is -0.497 e. The minimum absolute atomic E-state index is 0.0146. The second-order valence-corrected chi connectivity index (χ2v) is 35.4. The van der Waals surface area contributed by atoms with Crippen molar-refractivity contribution in [2.24, 2.45) is 0 Å². The molecular formula is C98H91OS5+5. The van der Waals surface area contributed by atoms with Crippen molar-refractivity contribution in [1.82, 2.24) is 0 Å². The van der Waals surface area contributed by atoms with Crippen LogP contribution in [0.2, 0.25) is 0 Å². The van der Waals surface area contributed by atoms with Crippen molar-refractivity contribution in [2.45, 2.75) is 120 Å². The molecule has 0 aliphatic carbocycles. The van der Waals surface area contributed by atoms with Gasteiger partial charge in [0, 0.05) is 0 Å². The molecule has 0 unspecified atom stereocenters. The maximum atomic E-state index is 5.26. The number of aryl methyl sites for hydroxylation is 2. The zero-order valence-electron chi connectivity index (χ0n) is 60.1. The SMILES string of the molecule is CC(C)(C)c1ccc([S+](c2ccccc2)c2ccccc2)cc1.CCc1ccc([S+](c2ccccc2)c2ccccc2)cc1.COc1ccc([S+](c2ccccc2)c2ccccc2)cc1.Cc1ccc([S+](c2ccccc2)c2ccccc2)cc1.c1ccc([S+](c2ccccc2)c2ccccc2)cc1. The number of hydrogen-bond acceptors (Lipinski definition) is 1. The molecule has 0 atom stereocenters. The van der Waals surface area contributed by atoms with Gasteiger partial charge in [-0.1, -0.05) is 270 Å². The molecule has 0 aromatic heterocycles. The van der Waals surface area contributed by atoms with Gasteiger partial charge in [0.05, 0.1) is 61.6 Å². The van der Waals surface area contributed by atoms with Crippen molar-refractivity contribution in [2.75, 3.05) is 7.11 Å². The van der Waals surface area contributed by atoms with Crippen molar-refractivity contribution >= 4 is 54.5 Å². The Kier molecular flexibility index (Phi) is 28.5. The van der Waals surface area contributed by atoms with Crippen molar-refractivity contribution < 1.29 is 4.74 Å². The largest absolute Gasteiger partial charge is 0.497 e. The minimum atomic E-state index is -0.0804. The molecule has 15 aromatic carbocycles. The molecule has 15 rings (SSSR count). The first kappa shape index (κ1) is 75.0. The van der Waals surface area contributed by atoms with E-state index in [0.717, 1.165) is 12.2 Å². The predicted molar refractivity (Wildman–Crippen MR) is 447 cm³/mol. The smallest absolute Gasteiger partial charge is 0.166 e. The van der Waals surface area contributed by atoms with E-state index in [1.807, 2.05) is 12.1 Å². The van der Waals surface area contributed by atoms with Crippen LogP contribution in [0.15, 0.2) is 504 Å². The molecule has 0 aliphatic heterocycles. The molecule has 0 saturated heterocycles. The molecule has 0 saturated carbocycles. The third-order valence-electron chi connectivity index (χ3n) is 16.8. The third kappa shape index (κ3) is 21.5. The molecule has 514 valence electrons. The molecule has 0 N–H and O–H groups in total. The molecule has 0 radical (unpaired) electrons. The molecule has 104 heavy (non-hydrogen) atoms. The van der Waals surface area contributed by atoms with Crippen LogP contribution >= 0.6 is 0 Å². The lowest BCUT2D eigenvalue weighted by atomic mass is 9.87. The van der Waals surface area contributed by atoms with E-state index < -0.39 is 0 Å². The molecule has 0 aliphatic rings. The third-order valence-corrected chi connectivity index (χ3v) is 28.0. The van der Waals surface area contributed by atoms with E-state index >= 15 is 0 Å². The van der Waals surface area contributed by atoms with E-state index in [2.05, 4.69) is 453 Å². The van der Waals surface area contributed by atoms with E-state index in [-0.39, 0.29) is 59.9 Å². The van der Waals surface area contributed by atoms with Crippen LogP contribution in [0.5, 0.6) is 5.75 Å². The van der Waals surface area contributed by atoms with Crippen molar-refractivity contribution in [3.63, 3.8) is 0 Å². The lowest BCUT2D eigenvalue weighted by Gasteiger charge is -2.19. The lowest BCUT2D eigenvalue weighted by Crippen LogP contribution is -2.11. The molecule has 0 amide bonds. The molecule has 6 heteroatoms. The lowest BCUT2D eigenvalue weighted by molar-refractivity contribution is 0.414. The molecular weight excluding hydrogens is 1350 g/mol. The summed E-state index contributed by atoms with van der Waals surface area (Å²) in [5.74, 6) is 0.892. The van der Waals surface area contributed by atoms with Crippen molar-refractivity contribution in [1.29, 1.82) is 0 Å². The summed E-state index contributed by atoms with van der Waals surface area (Å²) in [4.78, 5) is 20.3. The molecule has 0 fully saturated rings. The van der Waals surface area contributed by atoms with Gasteiger partial charge in [-0.15, -0.1) is 0 Å². The summed E-state index contributed by atoms with van der Waals surface area (Å²) in [6, 6.07) is 154. The highest BCUT2D eigenvalue weighted by Crippen LogP contribution is 2.37. The van der Waals surface area contributed by atoms with E-state index in [1.165, 1.54) is 90.1 Å². The Morgan fingerprint density at radius 2 is 0.375 bits per heavy atom. The van der Waals surface area contributed by atoms with Crippen molar-refractivity contribution in [3.05, 3.63) is 447 Å². The fourth-order valence-corrected chi connectivity index (χ4v) is 21.9. The quantitative estimate of drug-likeness (QED) is 0.0826. The highest BCUT2D eigenvalue weighted by Gasteiger charge is 2.33. The zero-order valence-corrected chi connectivity index (χ0v) is 64.2. The maximum absolute atomic E-state index is 5.26. The Bertz CT molecular complexity index is 4450. The van der Waals surface area contributed by atoms with E-state index in [1.54, 1.807) is 7.11 Å². The van der Waals surface area contributed by atoms with Gasteiger partial charge in [0.2, 0.25) is 0 Å². The molecule has 15 aromatic rings. The van der Waals surface area contributed by atoms with Gasteiger partial charge in [0.25, 0.3) is 0 Å². The highest BCUT2D eigenvalue weighted by molar-refractivity contribution is 7.98. The molecule has 0 spiro atoms. The van der Waals surface area contributed by atoms with Crippen molar-refractivity contribution in [3.8, 4) is 5.75 Å². The van der Waals surface area contributed by atoms with Gasteiger partial charge in [-0.3, -0.25) is 0 Å². The number of hydrogen-bond donors (Lipinski definition) is 0. The van der Waals surface area contributed by atoms with Gasteiger partial charge in [-0.2, -0.15) is 0 Å². The number of methoxy groups -OCH3 is 1. The van der Waals surface area contributed by atoms with E-state index in [9.17, 15) is 0 Å². The summed E-state index contributed by atoms with van der Waals surface area (Å²) in [6.07, 6.45) is 1.09. The number of benzene rings is 15. The maximum Gasteiger partial charge on any atom is 0.166 e. The van der Waals surface area contributed by atoms with Crippen LogP contribution in [0.25, 0.3) is 0 Å². The molecule has 0 heterocycles. The van der Waals surface area contributed by atoms with Gasteiger partial charge in [0.15, 0.2) is 73.4 Å². The van der Waals surface area contributed by atoms with Crippen LogP contribution in [-0.2, 0) is 66.3 Å². The fourth-order valence-electron chi connectivity index (χ4n) is 11.5. The summed E-state index contributed by atoms with van der Waals surface area (Å²) in [5.41, 5.74) is 4.27. The van der Waals surface area contributed by atoms with Gasteiger partial charge in [-0.25, -0.2) is 0 Å². The summed E-state index contributed by atoms with van der Waals surface area (Å²) in [6.45, 7) is 11.1. The first-order valence-electron chi connectivity index (χ1n) is 35.3. The van der Waals surface area contributed by atoms with E-state index in [0.29, 0.717) is 0 Å². The van der Waals surface area contributed by atoms with Crippen LogP contribution in [0.3, 0.4) is 0 Å². The van der Waals surface area contributed by atoms with Crippen LogP contribution in [0.1, 0.15) is 44.4 Å². The molecule has 1 nitrogen and oxygen atoms in total. The average molecular weight is 1450 g/mol. The van der Waals surface area contributed by atoms with Gasteiger partial charge < -0.3 is 4.74 Å². The Labute approximate surface area is 634 Å². The fraction of sp³-hybridized carbons (Fsp3) is 0.0816. The highest BCUT2D eigenvalue weighted by atomic mass is 32.2. The molecule has 0 bridgehead atoms. The van der Waals surface area contributed by atoms with Crippen LogP contribution in [0, 0.1) is 6.92 Å². The topological polar surface area (TPSA) is 9.23 Å². The predicted octanol–water partition coefficient (Wildman–Crippen LogP) is 26.1. The van der Waals surface area contributed by atoms with E-state index in [4.69, 9.17) is 4.74 Å². The summed E-state index contributed by atoms with van der Waals surface area (Å²) in [5, 5.41) is 0. The Balaban J connectivity index is 0.000000130. The second-order valence-electron chi connectivity index (χ2n) is 25.2.